The number of aliphatic hydroxyl groups excluding tert-OH is 1. The third-order valence-corrected chi connectivity index (χ3v) is 1.11. The summed E-state index contributed by atoms with van der Waals surface area (Å²) in [6.45, 7) is 6.31. The van der Waals surface area contributed by atoms with Crippen LogP contribution in [0.25, 0.3) is 0 Å². The van der Waals surface area contributed by atoms with Crippen LogP contribution in [0.4, 0.5) is 0 Å². The van der Waals surface area contributed by atoms with Gasteiger partial charge in [-0.15, -0.1) is 0 Å². The minimum absolute atomic E-state index is 0.170. The maximum absolute atomic E-state index is 9.03. The average molecular weight is 147 g/mol. The lowest BCUT2D eigenvalue weighted by Gasteiger charge is -2.11. The van der Waals surface area contributed by atoms with E-state index < -0.39 is 0 Å². The van der Waals surface area contributed by atoms with Crippen LogP contribution in [0, 0.1) is 0 Å². The van der Waals surface area contributed by atoms with Gasteiger partial charge < -0.3 is 5.11 Å². The molecule has 0 bridgehead atoms. The first-order valence-corrected chi connectivity index (χ1v) is 3.73. The van der Waals surface area contributed by atoms with E-state index in [1.54, 1.807) is 0 Å². The highest BCUT2D eigenvalue weighted by atomic mass is 16.7. The number of hydroxylamine groups is 1. The molecule has 3 heteroatoms. The van der Waals surface area contributed by atoms with E-state index >= 15 is 0 Å². The summed E-state index contributed by atoms with van der Waals surface area (Å²) in [6.07, 6.45) is 0.636. The van der Waals surface area contributed by atoms with Gasteiger partial charge in [-0.2, -0.15) is 5.48 Å². The maximum Gasteiger partial charge on any atom is 0.0734 e. The molecule has 0 saturated carbocycles. The Morgan fingerprint density at radius 3 is 2.50 bits per heavy atom. The smallest absolute Gasteiger partial charge is 0.0734 e. The van der Waals surface area contributed by atoms with Crippen LogP contribution in [0.1, 0.15) is 27.2 Å². The van der Waals surface area contributed by atoms with Gasteiger partial charge in [0.2, 0.25) is 0 Å². The van der Waals surface area contributed by atoms with Crippen molar-refractivity contribution in [1.29, 1.82) is 0 Å². The first-order chi connectivity index (χ1) is 4.66. The molecule has 2 N–H and O–H groups in total. The summed E-state index contributed by atoms with van der Waals surface area (Å²) in [7, 11) is 0. The largest absolute Gasteiger partial charge is 0.392 e. The second kappa shape index (κ2) is 5.65. The van der Waals surface area contributed by atoms with Gasteiger partial charge in [-0.05, 0) is 20.3 Å². The summed E-state index contributed by atoms with van der Waals surface area (Å²) in [4.78, 5) is 5.00. The van der Waals surface area contributed by atoms with E-state index in [1.807, 2.05) is 20.8 Å². The summed E-state index contributed by atoms with van der Waals surface area (Å²) in [5.74, 6) is 0. The van der Waals surface area contributed by atoms with Crippen LogP contribution in [0.2, 0.25) is 0 Å². The summed E-state index contributed by atoms with van der Waals surface area (Å²) >= 11 is 0. The zero-order valence-corrected chi connectivity index (χ0v) is 6.92. The maximum atomic E-state index is 9.03. The highest BCUT2D eigenvalue weighted by Gasteiger charge is 1.99. The second-order valence-corrected chi connectivity index (χ2v) is 2.58. The summed E-state index contributed by atoms with van der Waals surface area (Å²) < 4.78 is 0. The summed E-state index contributed by atoms with van der Waals surface area (Å²) in [5.41, 5.74) is 2.69. The quantitative estimate of drug-likeness (QED) is 0.562. The van der Waals surface area contributed by atoms with E-state index in [0.717, 1.165) is 6.42 Å². The number of hydrogen-bond donors (Lipinski definition) is 2. The lowest BCUT2D eigenvalue weighted by atomic mass is 10.3. The topological polar surface area (TPSA) is 41.5 Å². The van der Waals surface area contributed by atoms with Gasteiger partial charge in [0.05, 0.1) is 12.2 Å². The van der Waals surface area contributed by atoms with Gasteiger partial charge in [-0.3, -0.25) is 4.84 Å². The van der Waals surface area contributed by atoms with E-state index in [4.69, 9.17) is 9.94 Å². The first-order valence-electron chi connectivity index (χ1n) is 3.73. The molecule has 62 valence electrons. The van der Waals surface area contributed by atoms with Crippen LogP contribution in [0.15, 0.2) is 0 Å². The molecule has 0 saturated heterocycles. The highest BCUT2D eigenvalue weighted by molar-refractivity contribution is 4.50. The van der Waals surface area contributed by atoms with Gasteiger partial charge in [0.25, 0.3) is 0 Å². The second-order valence-electron chi connectivity index (χ2n) is 2.58. The molecule has 0 aliphatic heterocycles. The monoisotopic (exact) mass is 147 g/mol. The van der Waals surface area contributed by atoms with Crippen LogP contribution in [-0.4, -0.2) is 23.9 Å². The van der Waals surface area contributed by atoms with Crippen molar-refractivity contribution in [3.8, 4) is 0 Å². The predicted octanol–water partition coefficient (Wildman–Crippen LogP) is 0.687. The molecule has 0 amide bonds. The molecule has 0 heterocycles. The van der Waals surface area contributed by atoms with Gasteiger partial charge in [-0.25, -0.2) is 0 Å². The van der Waals surface area contributed by atoms with E-state index in [9.17, 15) is 0 Å². The Morgan fingerprint density at radius 2 is 2.10 bits per heavy atom. The number of hydrogen-bond acceptors (Lipinski definition) is 3. The molecule has 0 aromatic carbocycles. The molecule has 0 radical (unpaired) electrons. The van der Waals surface area contributed by atoms with E-state index in [0.29, 0.717) is 6.54 Å². The van der Waals surface area contributed by atoms with Crippen molar-refractivity contribution < 1.29 is 9.94 Å². The van der Waals surface area contributed by atoms with E-state index in [-0.39, 0.29) is 12.2 Å². The fraction of sp³-hybridized carbons (Fsp3) is 1.00. The Kier molecular flexibility index (Phi) is 5.58. The normalized spacial score (nSPS) is 14.1. The van der Waals surface area contributed by atoms with Crippen LogP contribution in [0.5, 0.6) is 0 Å². The molecule has 0 rings (SSSR count). The zero-order chi connectivity index (χ0) is 7.98. The van der Waals surface area contributed by atoms with E-state index in [2.05, 4.69) is 5.48 Å². The fourth-order valence-electron chi connectivity index (χ4n) is 0.455. The lowest BCUT2D eigenvalue weighted by Crippen LogP contribution is -2.28. The van der Waals surface area contributed by atoms with Crippen molar-refractivity contribution in [2.24, 2.45) is 0 Å². The van der Waals surface area contributed by atoms with Gasteiger partial charge in [0.15, 0.2) is 0 Å². The Labute approximate surface area is 62.3 Å². The summed E-state index contributed by atoms with van der Waals surface area (Å²) in [5, 5.41) is 9.03. The van der Waals surface area contributed by atoms with Crippen molar-refractivity contribution >= 4 is 0 Å². The van der Waals surface area contributed by atoms with E-state index in [1.165, 1.54) is 0 Å². The minimum atomic E-state index is -0.293. The van der Waals surface area contributed by atoms with Gasteiger partial charge >= 0.3 is 0 Å². The Bertz CT molecular complexity index is 76.0. The summed E-state index contributed by atoms with van der Waals surface area (Å²) in [6, 6.07) is 0. The van der Waals surface area contributed by atoms with Crippen molar-refractivity contribution in [3.05, 3.63) is 0 Å². The Morgan fingerprint density at radius 1 is 1.50 bits per heavy atom. The number of nitrogens with one attached hydrogen (secondary N) is 1. The molecule has 0 aromatic rings. The molecule has 0 aromatic heterocycles. The zero-order valence-electron chi connectivity index (χ0n) is 6.92. The van der Waals surface area contributed by atoms with Crippen molar-refractivity contribution in [2.75, 3.05) is 6.54 Å². The molecule has 3 nitrogen and oxygen atoms in total. The number of aliphatic hydroxyl groups is 1. The SMILES string of the molecule is CCC(O)CNOC(C)C. The average Bonchev–Trinajstić information content (AvgIpc) is 1.87. The number of rotatable bonds is 5. The third kappa shape index (κ3) is 6.01. The van der Waals surface area contributed by atoms with Gasteiger partial charge in [-0.1, -0.05) is 6.92 Å². The van der Waals surface area contributed by atoms with Crippen LogP contribution < -0.4 is 5.48 Å². The minimum Gasteiger partial charge on any atom is -0.392 e. The van der Waals surface area contributed by atoms with Gasteiger partial charge in [0.1, 0.15) is 0 Å². The highest BCUT2D eigenvalue weighted by Crippen LogP contribution is 1.88. The molecule has 0 aliphatic rings. The molecule has 10 heavy (non-hydrogen) atoms. The molecule has 0 fully saturated rings. The van der Waals surface area contributed by atoms with Crippen molar-refractivity contribution in [3.63, 3.8) is 0 Å². The molecule has 1 unspecified atom stereocenters. The third-order valence-electron chi connectivity index (χ3n) is 1.11. The molecular formula is C7H17NO2. The standard InChI is InChI=1S/C7H17NO2/c1-4-7(9)5-8-10-6(2)3/h6-9H,4-5H2,1-3H3. The molecule has 0 spiro atoms. The van der Waals surface area contributed by atoms with Crippen molar-refractivity contribution in [2.45, 2.75) is 39.4 Å². The van der Waals surface area contributed by atoms with Gasteiger partial charge in [0, 0.05) is 6.54 Å². The van der Waals surface area contributed by atoms with Crippen LogP contribution in [0.3, 0.4) is 0 Å². The van der Waals surface area contributed by atoms with Crippen LogP contribution >= 0.6 is 0 Å². The van der Waals surface area contributed by atoms with Crippen molar-refractivity contribution in [1.82, 2.24) is 5.48 Å². The van der Waals surface area contributed by atoms with Crippen LogP contribution in [-0.2, 0) is 4.84 Å². The fourth-order valence-corrected chi connectivity index (χ4v) is 0.455. The molecular weight excluding hydrogens is 130 g/mol. The predicted molar refractivity (Wildman–Crippen MR) is 40.5 cm³/mol. The lowest BCUT2D eigenvalue weighted by molar-refractivity contribution is -0.0238. The first kappa shape index (κ1) is 9.88. The Hall–Kier alpha value is -0.120. The molecule has 0 aliphatic carbocycles. The Balaban J connectivity index is 3.03. The molecule has 1 atom stereocenters.